The van der Waals surface area contributed by atoms with Gasteiger partial charge in [-0.25, -0.2) is 0 Å². The van der Waals surface area contributed by atoms with Crippen LogP contribution in [0.25, 0.3) is 34.0 Å². The van der Waals surface area contributed by atoms with Crippen molar-refractivity contribution < 1.29 is 0 Å². The summed E-state index contributed by atoms with van der Waals surface area (Å²) >= 11 is 0. The van der Waals surface area contributed by atoms with Crippen LogP contribution in [0.1, 0.15) is 25.0 Å². The number of allylic oxidation sites excluding steroid dienone is 2. The molecule has 0 spiro atoms. The van der Waals surface area contributed by atoms with Crippen LogP contribution in [0.4, 0.5) is 0 Å². The van der Waals surface area contributed by atoms with Crippen LogP contribution >= 0.6 is 0 Å². The number of hydrogen-bond acceptors (Lipinski definition) is 0. The van der Waals surface area contributed by atoms with E-state index in [1.807, 2.05) is 0 Å². The lowest BCUT2D eigenvalue weighted by Crippen LogP contribution is -1.86. The van der Waals surface area contributed by atoms with Crippen LogP contribution in [-0.4, -0.2) is 4.57 Å². The second-order valence-electron chi connectivity index (χ2n) is 5.11. The minimum atomic E-state index is 1.25. The normalized spacial score (nSPS) is 12.3. The first-order valence-electron chi connectivity index (χ1n) is 7.02. The van der Waals surface area contributed by atoms with E-state index in [0.717, 1.165) is 0 Å². The Hall–Kier alpha value is -2.28. The van der Waals surface area contributed by atoms with Gasteiger partial charge >= 0.3 is 0 Å². The maximum atomic E-state index is 2.27. The molecule has 0 unspecified atom stereocenters. The summed E-state index contributed by atoms with van der Waals surface area (Å²) in [5.41, 5.74) is 5.07. The first-order valence-corrected chi connectivity index (χ1v) is 7.02. The summed E-state index contributed by atoms with van der Waals surface area (Å²) < 4.78 is 2.27. The standard InChI is InChI=1S/C19H19N/c1-4-6-14-8-10-18-16(12-14)17-13-15(7-5-2)9-11-19(17)20(18)3/h4-13H,1-3H3/b6-4+,7-5+. The van der Waals surface area contributed by atoms with Crippen molar-refractivity contribution in [1.82, 2.24) is 4.57 Å². The Morgan fingerprint density at radius 1 is 0.750 bits per heavy atom. The third kappa shape index (κ3) is 1.96. The predicted octanol–water partition coefficient (Wildman–Crippen LogP) is 5.40. The van der Waals surface area contributed by atoms with Gasteiger partial charge in [-0.05, 0) is 49.2 Å². The van der Waals surface area contributed by atoms with Gasteiger partial charge in [-0.15, -0.1) is 0 Å². The van der Waals surface area contributed by atoms with Gasteiger partial charge in [0.25, 0.3) is 0 Å². The molecular weight excluding hydrogens is 242 g/mol. The van der Waals surface area contributed by atoms with Crippen molar-refractivity contribution in [3.63, 3.8) is 0 Å². The van der Waals surface area contributed by atoms with Crippen molar-refractivity contribution in [2.75, 3.05) is 0 Å². The zero-order valence-corrected chi connectivity index (χ0v) is 12.2. The molecule has 1 nitrogen and oxygen atoms in total. The molecule has 0 aliphatic carbocycles. The molecular formula is C19H19N. The average Bonchev–Trinajstić information content (AvgIpc) is 2.73. The number of benzene rings is 2. The van der Waals surface area contributed by atoms with E-state index in [1.165, 1.54) is 32.9 Å². The number of aryl methyl sites for hydroxylation is 1. The molecule has 20 heavy (non-hydrogen) atoms. The Balaban J connectivity index is 2.38. The van der Waals surface area contributed by atoms with E-state index in [0.29, 0.717) is 0 Å². The molecule has 0 saturated carbocycles. The number of aromatic nitrogens is 1. The summed E-state index contributed by atoms with van der Waals surface area (Å²) in [5, 5.41) is 2.65. The first kappa shape index (κ1) is 12.7. The molecule has 0 aliphatic rings. The second kappa shape index (κ2) is 5.01. The lowest BCUT2D eigenvalue weighted by Gasteiger charge is -1.98. The molecule has 3 rings (SSSR count). The highest BCUT2D eigenvalue weighted by Gasteiger charge is 2.08. The maximum absolute atomic E-state index is 2.27. The van der Waals surface area contributed by atoms with Crippen LogP contribution in [0.5, 0.6) is 0 Å². The smallest absolute Gasteiger partial charge is 0.0489 e. The van der Waals surface area contributed by atoms with Crippen LogP contribution in [0.3, 0.4) is 0 Å². The van der Waals surface area contributed by atoms with Gasteiger partial charge in [0, 0.05) is 28.9 Å². The van der Waals surface area contributed by atoms with E-state index in [1.54, 1.807) is 0 Å². The number of rotatable bonds is 2. The van der Waals surface area contributed by atoms with Gasteiger partial charge in [-0.3, -0.25) is 0 Å². The quantitative estimate of drug-likeness (QED) is 0.582. The first-order chi connectivity index (χ1) is 9.74. The van der Waals surface area contributed by atoms with Crippen LogP contribution in [0.15, 0.2) is 48.6 Å². The molecule has 1 aromatic heterocycles. The van der Waals surface area contributed by atoms with E-state index in [-0.39, 0.29) is 0 Å². The van der Waals surface area contributed by atoms with Gasteiger partial charge in [-0.1, -0.05) is 36.4 Å². The lowest BCUT2D eigenvalue weighted by molar-refractivity contribution is 1.01. The van der Waals surface area contributed by atoms with Crippen LogP contribution in [0, 0.1) is 0 Å². The lowest BCUT2D eigenvalue weighted by atomic mass is 10.1. The zero-order chi connectivity index (χ0) is 14.1. The van der Waals surface area contributed by atoms with E-state index >= 15 is 0 Å². The largest absolute Gasteiger partial charge is 0.344 e. The number of fused-ring (bicyclic) bond motifs is 3. The van der Waals surface area contributed by atoms with Crippen molar-refractivity contribution in [3.05, 3.63) is 59.7 Å². The predicted molar refractivity (Wildman–Crippen MR) is 89.8 cm³/mol. The molecule has 0 aliphatic heterocycles. The monoisotopic (exact) mass is 261 g/mol. The third-order valence-corrected chi connectivity index (χ3v) is 3.77. The fourth-order valence-electron chi connectivity index (χ4n) is 2.85. The Bertz CT molecular complexity index is 762. The van der Waals surface area contributed by atoms with Gasteiger partial charge in [-0.2, -0.15) is 0 Å². The minimum Gasteiger partial charge on any atom is -0.344 e. The third-order valence-electron chi connectivity index (χ3n) is 3.77. The molecule has 2 aromatic carbocycles. The van der Waals surface area contributed by atoms with E-state index < -0.39 is 0 Å². The van der Waals surface area contributed by atoms with Crippen LogP contribution < -0.4 is 0 Å². The maximum Gasteiger partial charge on any atom is 0.0489 e. The summed E-state index contributed by atoms with van der Waals surface area (Å²) in [6.07, 6.45) is 8.46. The van der Waals surface area contributed by atoms with Crippen molar-refractivity contribution in [2.45, 2.75) is 13.8 Å². The summed E-state index contributed by atoms with van der Waals surface area (Å²) in [7, 11) is 2.13. The molecule has 100 valence electrons. The summed E-state index contributed by atoms with van der Waals surface area (Å²) in [5.74, 6) is 0. The van der Waals surface area contributed by atoms with Crippen LogP contribution in [-0.2, 0) is 7.05 Å². The highest BCUT2D eigenvalue weighted by atomic mass is 14.9. The van der Waals surface area contributed by atoms with Crippen molar-refractivity contribution in [3.8, 4) is 0 Å². The number of nitrogens with zero attached hydrogens (tertiary/aromatic N) is 1. The summed E-state index contributed by atoms with van der Waals surface area (Å²) in [6, 6.07) is 13.3. The van der Waals surface area contributed by atoms with E-state index in [2.05, 4.69) is 86.2 Å². The van der Waals surface area contributed by atoms with Gasteiger partial charge in [0.05, 0.1) is 0 Å². The molecule has 3 aromatic rings. The summed E-state index contributed by atoms with van der Waals surface area (Å²) in [4.78, 5) is 0. The molecule has 1 heterocycles. The van der Waals surface area contributed by atoms with Gasteiger partial charge < -0.3 is 4.57 Å². The number of hydrogen-bond donors (Lipinski definition) is 0. The highest BCUT2D eigenvalue weighted by Crippen LogP contribution is 2.30. The Morgan fingerprint density at radius 2 is 1.20 bits per heavy atom. The minimum absolute atomic E-state index is 1.25. The van der Waals surface area contributed by atoms with Crippen LogP contribution in [0.2, 0.25) is 0 Å². The van der Waals surface area contributed by atoms with E-state index in [4.69, 9.17) is 0 Å². The molecule has 0 radical (unpaired) electrons. The molecule has 0 N–H and O–H groups in total. The molecule has 0 fully saturated rings. The van der Waals surface area contributed by atoms with Gasteiger partial charge in [0.2, 0.25) is 0 Å². The summed E-state index contributed by atoms with van der Waals surface area (Å²) in [6.45, 7) is 4.11. The van der Waals surface area contributed by atoms with Crippen molar-refractivity contribution in [1.29, 1.82) is 0 Å². The second-order valence-corrected chi connectivity index (χ2v) is 5.11. The highest BCUT2D eigenvalue weighted by molar-refractivity contribution is 6.09. The fourth-order valence-corrected chi connectivity index (χ4v) is 2.85. The molecule has 1 heteroatoms. The van der Waals surface area contributed by atoms with Gasteiger partial charge in [0.15, 0.2) is 0 Å². The topological polar surface area (TPSA) is 4.93 Å². The molecule has 0 saturated heterocycles. The van der Waals surface area contributed by atoms with E-state index in [9.17, 15) is 0 Å². The molecule has 0 bridgehead atoms. The van der Waals surface area contributed by atoms with Crippen molar-refractivity contribution in [2.24, 2.45) is 7.05 Å². The average molecular weight is 261 g/mol. The fraction of sp³-hybridized carbons (Fsp3) is 0.158. The zero-order valence-electron chi connectivity index (χ0n) is 12.2. The molecule has 0 amide bonds. The SMILES string of the molecule is C/C=C/c1ccc2c(c1)c1cc(/C=C/C)ccc1n2C. The molecule has 0 atom stereocenters. The Labute approximate surface area is 119 Å². The Morgan fingerprint density at radius 3 is 1.60 bits per heavy atom. The van der Waals surface area contributed by atoms with Crippen molar-refractivity contribution >= 4 is 34.0 Å². The Kier molecular flexibility index (Phi) is 3.19. The van der Waals surface area contributed by atoms with Gasteiger partial charge in [0.1, 0.15) is 0 Å².